The van der Waals surface area contributed by atoms with Gasteiger partial charge < -0.3 is 18.9 Å². The van der Waals surface area contributed by atoms with Gasteiger partial charge in [-0.2, -0.15) is 0 Å². The molecule has 1 saturated heterocycles. The van der Waals surface area contributed by atoms with Gasteiger partial charge in [0.1, 0.15) is 18.7 Å². The lowest BCUT2D eigenvalue weighted by Gasteiger charge is -2.27. The number of hydrazine groups is 1. The topological polar surface area (TPSA) is 101 Å². The van der Waals surface area contributed by atoms with Crippen LogP contribution in [0.5, 0.6) is 0 Å². The van der Waals surface area contributed by atoms with Crippen LogP contribution >= 0.6 is 0 Å². The number of carbonyl (C=O) groups excluding carboxylic acids is 4. The van der Waals surface area contributed by atoms with Crippen molar-refractivity contribution in [3.63, 3.8) is 0 Å². The van der Waals surface area contributed by atoms with Crippen molar-refractivity contribution in [3.8, 4) is 5.69 Å². The van der Waals surface area contributed by atoms with E-state index in [-0.39, 0.29) is 31.9 Å². The largest absolute Gasteiger partial charge is 0.465 e. The van der Waals surface area contributed by atoms with Gasteiger partial charge in [0.15, 0.2) is 0 Å². The van der Waals surface area contributed by atoms with E-state index in [2.05, 4.69) is 0 Å². The first-order valence-corrected chi connectivity index (χ1v) is 15.1. The molecule has 0 bridgehead atoms. The molecular formula is C36H36N4O6. The number of rotatable bonds is 11. The van der Waals surface area contributed by atoms with Crippen molar-refractivity contribution in [3.05, 3.63) is 114 Å². The molecule has 0 unspecified atom stereocenters. The normalized spacial score (nSPS) is 12.8. The predicted molar refractivity (Wildman–Crippen MR) is 177 cm³/mol. The van der Waals surface area contributed by atoms with Crippen LogP contribution in [0, 0.1) is 13.8 Å². The lowest BCUT2D eigenvalue weighted by Crippen LogP contribution is -2.41. The fourth-order valence-electron chi connectivity index (χ4n) is 5.49. The highest BCUT2D eigenvalue weighted by molar-refractivity contribution is 6.38. The van der Waals surface area contributed by atoms with E-state index < -0.39 is 23.8 Å². The Balaban J connectivity index is 1.47. The van der Waals surface area contributed by atoms with Crippen LogP contribution in [0.15, 0.2) is 96.6 Å². The molecular weight excluding hydrogens is 584 g/mol. The average Bonchev–Trinajstić information content (AvgIpc) is 3.48. The molecule has 10 nitrogen and oxygen atoms in total. The van der Waals surface area contributed by atoms with Gasteiger partial charge in [0.25, 0.3) is 11.8 Å². The second-order valence-corrected chi connectivity index (χ2v) is 10.6. The number of anilines is 3. The maximum Gasteiger partial charge on any atom is 0.325 e. The first kappa shape index (κ1) is 31.8. The standard InChI is InChI=1S/C36H36N4O6/c1-5-45-33(41)23-37(24-34(42)46-6-2)28-17-19-29(20-18-28)38-25(3)21-27(26(38)4)22-32-35(43)39(30-13-9-7-10-14-30)40(36(32)44)31-15-11-8-12-16-31/h7-22H,5-6,23-24H2,1-4H3. The zero-order chi connectivity index (χ0) is 32.8. The van der Waals surface area contributed by atoms with Crippen molar-refractivity contribution in [1.82, 2.24) is 4.57 Å². The van der Waals surface area contributed by atoms with Crippen LogP contribution in [-0.2, 0) is 28.7 Å². The highest BCUT2D eigenvalue weighted by atomic mass is 16.5. The maximum absolute atomic E-state index is 13.8. The van der Waals surface area contributed by atoms with Crippen LogP contribution in [0.25, 0.3) is 11.8 Å². The summed E-state index contributed by atoms with van der Waals surface area (Å²) in [6.07, 6.45) is 1.65. The summed E-state index contributed by atoms with van der Waals surface area (Å²) >= 11 is 0. The van der Waals surface area contributed by atoms with E-state index in [1.54, 1.807) is 49.1 Å². The molecule has 4 aromatic rings. The number of aryl methyl sites for hydroxylation is 1. The van der Waals surface area contributed by atoms with E-state index in [0.29, 0.717) is 17.1 Å². The van der Waals surface area contributed by atoms with E-state index in [9.17, 15) is 19.2 Å². The average molecular weight is 621 g/mol. The summed E-state index contributed by atoms with van der Waals surface area (Å²) in [5.41, 5.74) is 5.15. The van der Waals surface area contributed by atoms with E-state index in [1.807, 2.05) is 85.1 Å². The zero-order valence-electron chi connectivity index (χ0n) is 26.3. The minimum Gasteiger partial charge on any atom is -0.465 e. The van der Waals surface area contributed by atoms with Gasteiger partial charge in [0.2, 0.25) is 0 Å². The van der Waals surface area contributed by atoms with Crippen molar-refractivity contribution < 1.29 is 28.7 Å². The highest BCUT2D eigenvalue weighted by Gasteiger charge is 2.43. The smallest absolute Gasteiger partial charge is 0.325 e. The SMILES string of the molecule is CCOC(=O)CN(CC(=O)OCC)c1ccc(-n2c(C)cc(C=C3C(=O)N(c4ccccc4)N(c4ccccc4)C3=O)c2C)cc1. The van der Waals surface area contributed by atoms with Gasteiger partial charge in [0.05, 0.1) is 24.6 Å². The van der Waals surface area contributed by atoms with Gasteiger partial charge in [-0.3, -0.25) is 19.2 Å². The lowest BCUT2D eigenvalue weighted by atomic mass is 10.1. The molecule has 2 heterocycles. The predicted octanol–water partition coefficient (Wildman–Crippen LogP) is 5.41. The molecule has 5 rings (SSSR count). The molecule has 3 aromatic carbocycles. The summed E-state index contributed by atoms with van der Waals surface area (Å²) in [7, 11) is 0. The summed E-state index contributed by atoms with van der Waals surface area (Å²) in [5, 5.41) is 2.81. The zero-order valence-corrected chi connectivity index (χ0v) is 26.3. The van der Waals surface area contributed by atoms with Gasteiger partial charge in [-0.05, 0) is 93.9 Å². The molecule has 0 radical (unpaired) electrons. The Hall–Kier alpha value is -5.64. The molecule has 1 aliphatic heterocycles. The molecule has 2 amide bonds. The number of esters is 2. The minimum atomic E-state index is -0.446. The van der Waals surface area contributed by atoms with Crippen molar-refractivity contribution in [2.24, 2.45) is 0 Å². The molecule has 0 N–H and O–H groups in total. The quantitative estimate of drug-likeness (QED) is 0.126. The molecule has 0 atom stereocenters. The van der Waals surface area contributed by atoms with E-state index in [0.717, 1.165) is 22.6 Å². The van der Waals surface area contributed by atoms with Crippen LogP contribution in [0.2, 0.25) is 0 Å². The Morgan fingerprint density at radius 3 is 1.63 bits per heavy atom. The Morgan fingerprint density at radius 1 is 0.696 bits per heavy atom. The van der Waals surface area contributed by atoms with E-state index in [4.69, 9.17) is 9.47 Å². The molecule has 0 saturated carbocycles. The molecule has 1 aliphatic rings. The monoisotopic (exact) mass is 620 g/mol. The summed E-state index contributed by atoms with van der Waals surface area (Å²) in [4.78, 5) is 53.8. The molecule has 46 heavy (non-hydrogen) atoms. The van der Waals surface area contributed by atoms with Gasteiger partial charge in [-0.15, -0.1) is 0 Å². The number of hydrogen-bond donors (Lipinski definition) is 0. The number of benzene rings is 3. The number of hydrogen-bond acceptors (Lipinski definition) is 7. The third kappa shape index (κ3) is 6.56. The summed E-state index contributed by atoms with van der Waals surface area (Å²) in [6.45, 7) is 7.59. The van der Waals surface area contributed by atoms with Crippen LogP contribution < -0.4 is 14.9 Å². The summed E-state index contributed by atoms with van der Waals surface area (Å²) in [6, 6.07) is 27.5. The number of carbonyl (C=O) groups is 4. The molecule has 10 heteroatoms. The molecule has 0 aliphatic carbocycles. The molecule has 1 fully saturated rings. The Kier molecular flexibility index (Phi) is 9.66. The van der Waals surface area contributed by atoms with E-state index in [1.165, 1.54) is 10.0 Å². The second kappa shape index (κ2) is 14.0. The maximum atomic E-state index is 13.8. The molecule has 0 spiro atoms. The van der Waals surface area contributed by atoms with E-state index >= 15 is 0 Å². The fourth-order valence-corrected chi connectivity index (χ4v) is 5.49. The number of aromatic nitrogens is 1. The van der Waals surface area contributed by atoms with Crippen molar-refractivity contribution in [2.45, 2.75) is 27.7 Å². The first-order valence-electron chi connectivity index (χ1n) is 15.1. The third-order valence-electron chi connectivity index (χ3n) is 7.54. The third-order valence-corrected chi connectivity index (χ3v) is 7.54. The van der Waals surface area contributed by atoms with Gasteiger partial charge in [-0.1, -0.05) is 36.4 Å². The number of nitrogens with zero attached hydrogens (tertiary/aromatic N) is 4. The van der Waals surface area contributed by atoms with Gasteiger partial charge in [-0.25, -0.2) is 10.0 Å². The Morgan fingerprint density at radius 2 is 1.17 bits per heavy atom. The van der Waals surface area contributed by atoms with Crippen LogP contribution in [-0.4, -0.2) is 54.6 Å². The van der Waals surface area contributed by atoms with Crippen LogP contribution in [0.3, 0.4) is 0 Å². The second-order valence-electron chi connectivity index (χ2n) is 10.6. The van der Waals surface area contributed by atoms with Crippen molar-refractivity contribution in [1.29, 1.82) is 0 Å². The molecule has 1 aromatic heterocycles. The highest BCUT2D eigenvalue weighted by Crippen LogP contribution is 2.33. The van der Waals surface area contributed by atoms with Gasteiger partial charge >= 0.3 is 11.9 Å². The van der Waals surface area contributed by atoms with Crippen LogP contribution in [0.1, 0.15) is 30.8 Å². The van der Waals surface area contributed by atoms with Crippen molar-refractivity contribution >= 4 is 46.9 Å². The lowest BCUT2D eigenvalue weighted by molar-refractivity contribution is -0.142. The van der Waals surface area contributed by atoms with Crippen molar-refractivity contribution in [2.75, 3.05) is 41.2 Å². The fraction of sp³-hybridized carbons (Fsp3) is 0.222. The Labute approximate surface area is 268 Å². The number of ether oxygens (including phenoxy) is 2. The summed E-state index contributed by atoms with van der Waals surface area (Å²) < 4.78 is 12.2. The Bertz CT molecular complexity index is 1680. The van der Waals surface area contributed by atoms with Gasteiger partial charge in [0, 0.05) is 22.8 Å². The minimum absolute atomic E-state index is 0.0527. The summed E-state index contributed by atoms with van der Waals surface area (Å²) in [5.74, 6) is -1.73. The number of para-hydroxylation sites is 2. The number of amides is 2. The molecule has 236 valence electrons. The van der Waals surface area contributed by atoms with Crippen LogP contribution in [0.4, 0.5) is 17.1 Å². The first-order chi connectivity index (χ1) is 22.2.